The first-order valence-electron chi connectivity index (χ1n) is 7.47. The van der Waals surface area contributed by atoms with Gasteiger partial charge in [0.05, 0.1) is 0 Å². The van der Waals surface area contributed by atoms with Crippen LogP contribution < -0.4 is 5.73 Å². The molecule has 0 saturated heterocycles. The maximum absolute atomic E-state index is 14.3. The SMILES string of the molecule is NC(=NO)c1cc(F)cc(-c2ccc(O)cc2)c1-c1cc(Cl)ccc1Cl. The predicted molar refractivity (Wildman–Crippen MR) is 101 cm³/mol. The fourth-order valence-corrected chi connectivity index (χ4v) is 3.09. The highest BCUT2D eigenvalue weighted by Crippen LogP contribution is 2.40. The van der Waals surface area contributed by atoms with Crippen molar-refractivity contribution in [2.24, 2.45) is 10.9 Å². The molecule has 0 fully saturated rings. The van der Waals surface area contributed by atoms with E-state index in [1.807, 2.05) is 0 Å². The number of nitrogens with two attached hydrogens (primary N) is 1. The number of aromatic hydroxyl groups is 1. The first kappa shape index (κ1) is 18.0. The summed E-state index contributed by atoms with van der Waals surface area (Å²) >= 11 is 12.4. The highest BCUT2D eigenvalue weighted by atomic mass is 35.5. The molecule has 0 heterocycles. The summed E-state index contributed by atoms with van der Waals surface area (Å²) in [5, 5.41) is 22.4. The van der Waals surface area contributed by atoms with Crippen LogP contribution in [0.25, 0.3) is 22.3 Å². The Morgan fingerprint density at radius 2 is 1.65 bits per heavy atom. The van der Waals surface area contributed by atoms with Gasteiger partial charge in [-0.2, -0.15) is 0 Å². The van der Waals surface area contributed by atoms with Crippen molar-refractivity contribution in [3.05, 3.63) is 76.0 Å². The standard InChI is InChI=1S/C19H13Cl2FN2O2/c20-11-3-6-17(21)15(7-11)18-14(10-1-4-13(25)5-2-10)8-12(22)9-16(18)19(23)24-26/h1-9,25-26H,(H2,23,24). The first-order chi connectivity index (χ1) is 12.4. The Kier molecular flexibility index (Phi) is 5.02. The zero-order chi connectivity index (χ0) is 18.8. The Labute approximate surface area is 158 Å². The van der Waals surface area contributed by atoms with Crippen LogP contribution >= 0.6 is 23.2 Å². The molecule has 0 aliphatic carbocycles. The first-order valence-corrected chi connectivity index (χ1v) is 8.22. The van der Waals surface area contributed by atoms with Crippen molar-refractivity contribution >= 4 is 29.0 Å². The van der Waals surface area contributed by atoms with Crippen molar-refractivity contribution < 1.29 is 14.7 Å². The van der Waals surface area contributed by atoms with Gasteiger partial charge in [0.15, 0.2) is 5.84 Å². The van der Waals surface area contributed by atoms with Crippen molar-refractivity contribution in [1.29, 1.82) is 0 Å². The molecule has 0 aromatic heterocycles. The van der Waals surface area contributed by atoms with E-state index >= 15 is 0 Å². The topological polar surface area (TPSA) is 78.8 Å². The van der Waals surface area contributed by atoms with Crippen molar-refractivity contribution in [2.45, 2.75) is 0 Å². The summed E-state index contributed by atoms with van der Waals surface area (Å²) in [4.78, 5) is 0. The van der Waals surface area contributed by atoms with Gasteiger partial charge in [-0.1, -0.05) is 40.5 Å². The minimum atomic E-state index is -0.573. The van der Waals surface area contributed by atoms with E-state index in [0.717, 1.165) is 6.07 Å². The molecule has 132 valence electrons. The van der Waals surface area contributed by atoms with Gasteiger partial charge < -0.3 is 16.0 Å². The van der Waals surface area contributed by atoms with Gasteiger partial charge in [0.1, 0.15) is 11.6 Å². The van der Waals surface area contributed by atoms with E-state index in [4.69, 9.17) is 34.1 Å². The lowest BCUT2D eigenvalue weighted by atomic mass is 9.89. The zero-order valence-corrected chi connectivity index (χ0v) is 14.8. The number of hydrogen-bond donors (Lipinski definition) is 3. The average Bonchev–Trinajstić information content (AvgIpc) is 2.63. The highest BCUT2D eigenvalue weighted by molar-refractivity contribution is 6.36. The van der Waals surface area contributed by atoms with Gasteiger partial charge in [-0.25, -0.2) is 4.39 Å². The molecule has 0 aliphatic heterocycles. The van der Waals surface area contributed by atoms with Gasteiger partial charge in [-0.05, 0) is 53.6 Å². The van der Waals surface area contributed by atoms with Crippen LogP contribution in [-0.4, -0.2) is 16.1 Å². The van der Waals surface area contributed by atoms with Gasteiger partial charge >= 0.3 is 0 Å². The van der Waals surface area contributed by atoms with Crippen LogP contribution in [0.4, 0.5) is 4.39 Å². The summed E-state index contributed by atoms with van der Waals surface area (Å²) in [5.41, 5.74) is 7.97. The van der Waals surface area contributed by atoms with Crippen molar-refractivity contribution in [3.63, 3.8) is 0 Å². The number of rotatable bonds is 3. The molecule has 4 nitrogen and oxygen atoms in total. The molecule has 0 saturated carbocycles. The molecule has 0 atom stereocenters. The number of phenols is 1. The fraction of sp³-hybridized carbons (Fsp3) is 0. The molecule has 26 heavy (non-hydrogen) atoms. The van der Waals surface area contributed by atoms with Gasteiger partial charge in [0.25, 0.3) is 0 Å². The number of halogens is 3. The third kappa shape index (κ3) is 3.45. The molecule has 0 spiro atoms. The lowest BCUT2D eigenvalue weighted by molar-refractivity contribution is 0.318. The lowest BCUT2D eigenvalue weighted by Gasteiger charge is -2.17. The largest absolute Gasteiger partial charge is 0.508 e. The van der Waals surface area contributed by atoms with E-state index in [2.05, 4.69) is 5.16 Å². The van der Waals surface area contributed by atoms with E-state index in [1.165, 1.54) is 18.2 Å². The van der Waals surface area contributed by atoms with E-state index in [0.29, 0.717) is 32.3 Å². The molecule has 4 N–H and O–H groups in total. The van der Waals surface area contributed by atoms with Crippen molar-refractivity contribution in [1.82, 2.24) is 0 Å². The Morgan fingerprint density at radius 3 is 2.31 bits per heavy atom. The molecular formula is C19H13Cl2FN2O2. The minimum Gasteiger partial charge on any atom is -0.508 e. The maximum atomic E-state index is 14.3. The molecule has 3 rings (SSSR count). The summed E-state index contributed by atoms with van der Waals surface area (Å²) in [7, 11) is 0. The van der Waals surface area contributed by atoms with Crippen LogP contribution in [0.2, 0.25) is 10.0 Å². The third-order valence-corrected chi connectivity index (χ3v) is 4.43. The van der Waals surface area contributed by atoms with Crippen molar-refractivity contribution in [3.8, 4) is 28.0 Å². The average molecular weight is 391 g/mol. The van der Waals surface area contributed by atoms with E-state index in [-0.39, 0.29) is 17.1 Å². The van der Waals surface area contributed by atoms with Crippen LogP contribution in [0.1, 0.15) is 5.56 Å². The number of hydrogen-bond acceptors (Lipinski definition) is 3. The van der Waals surface area contributed by atoms with E-state index in [9.17, 15) is 9.50 Å². The van der Waals surface area contributed by atoms with E-state index < -0.39 is 5.82 Å². The van der Waals surface area contributed by atoms with Crippen molar-refractivity contribution in [2.75, 3.05) is 0 Å². The Morgan fingerprint density at radius 1 is 0.962 bits per heavy atom. The summed E-state index contributed by atoms with van der Waals surface area (Å²) in [6.45, 7) is 0. The molecule has 3 aromatic rings. The maximum Gasteiger partial charge on any atom is 0.170 e. The number of oxime groups is 1. The molecule has 7 heteroatoms. The molecule has 0 aliphatic rings. The molecule has 0 amide bonds. The van der Waals surface area contributed by atoms with Gasteiger partial charge in [0.2, 0.25) is 0 Å². The van der Waals surface area contributed by atoms with Crippen LogP contribution in [-0.2, 0) is 0 Å². The Balaban J connectivity index is 2.42. The second-order valence-electron chi connectivity index (χ2n) is 5.53. The summed E-state index contributed by atoms with van der Waals surface area (Å²) < 4.78 is 14.3. The second kappa shape index (κ2) is 7.23. The molecule has 3 aromatic carbocycles. The molecule has 0 bridgehead atoms. The molecular weight excluding hydrogens is 378 g/mol. The summed E-state index contributed by atoms with van der Waals surface area (Å²) in [6, 6.07) is 13.5. The van der Waals surface area contributed by atoms with Gasteiger partial charge in [0, 0.05) is 26.7 Å². The van der Waals surface area contributed by atoms with Gasteiger partial charge in [-0.3, -0.25) is 0 Å². The monoisotopic (exact) mass is 390 g/mol. The number of nitrogens with zero attached hydrogens (tertiary/aromatic N) is 1. The number of amidine groups is 1. The van der Waals surface area contributed by atoms with Gasteiger partial charge in [-0.15, -0.1) is 0 Å². The predicted octanol–water partition coefficient (Wildman–Crippen LogP) is 5.27. The van der Waals surface area contributed by atoms with Crippen LogP contribution in [0.5, 0.6) is 5.75 Å². The molecule has 0 radical (unpaired) electrons. The Hall–Kier alpha value is -2.76. The summed E-state index contributed by atoms with van der Waals surface area (Å²) in [6.07, 6.45) is 0. The molecule has 0 unspecified atom stereocenters. The third-order valence-electron chi connectivity index (χ3n) is 3.86. The van der Waals surface area contributed by atoms with Crippen LogP contribution in [0.15, 0.2) is 59.8 Å². The van der Waals surface area contributed by atoms with Crippen LogP contribution in [0.3, 0.4) is 0 Å². The highest BCUT2D eigenvalue weighted by Gasteiger charge is 2.20. The zero-order valence-electron chi connectivity index (χ0n) is 13.2. The van der Waals surface area contributed by atoms with Crippen LogP contribution in [0, 0.1) is 5.82 Å². The quantitative estimate of drug-likeness (QED) is 0.246. The number of benzene rings is 3. The smallest absolute Gasteiger partial charge is 0.170 e. The minimum absolute atomic E-state index is 0.0733. The Bertz CT molecular complexity index is 1010. The summed E-state index contributed by atoms with van der Waals surface area (Å²) in [5.74, 6) is -0.767. The lowest BCUT2D eigenvalue weighted by Crippen LogP contribution is -2.15. The number of phenolic OH excluding ortho intramolecular Hbond substituents is 1. The van der Waals surface area contributed by atoms with E-state index in [1.54, 1.807) is 30.3 Å². The fourth-order valence-electron chi connectivity index (χ4n) is 2.71. The normalized spacial score (nSPS) is 11.6. The second-order valence-corrected chi connectivity index (χ2v) is 6.38.